The van der Waals surface area contributed by atoms with Gasteiger partial charge in [0.05, 0.1) is 6.26 Å². The summed E-state index contributed by atoms with van der Waals surface area (Å²) in [6, 6.07) is 17.1. The maximum Gasteiger partial charge on any atom is 0.248 e. The fourth-order valence-electron chi connectivity index (χ4n) is 3.07. The van der Waals surface area contributed by atoms with Gasteiger partial charge < -0.3 is 14.2 Å². The second kappa shape index (κ2) is 8.19. The van der Waals surface area contributed by atoms with E-state index in [0.717, 1.165) is 23.1 Å². The van der Waals surface area contributed by atoms with Crippen LogP contribution in [0.1, 0.15) is 37.5 Å². The SMILES string of the molecule is CCC(C)c1ccc2oc(-c3cccc(NC(=O)/C=C/c4ccco4)c3)nc2c1. The average molecular weight is 386 g/mol. The fourth-order valence-corrected chi connectivity index (χ4v) is 3.07. The highest BCUT2D eigenvalue weighted by atomic mass is 16.3. The number of amides is 1. The van der Waals surface area contributed by atoms with Crippen molar-refractivity contribution in [3.63, 3.8) is 0 Å². The molecule has 0 aliphatic heterocycles. The highest BCUT2D eigenvalue weighted by Gasteiger charge is 2.11. The zero-order valence-corrected chi connectivity index (χ0v) is 16.4. The summed E-state index contributed by atoms with van der Waals surface area (Å²) in [7, 11) is 0. The molecule has 29 heavy (non-hydrogen) atoms. The number of aromatic nitrogens is 1. The number of oxazole rings is 1. The third-order valence-electron chi connectivity index (χ3n) is 4.91. The van der Waals surface area contributed by atoms with E-state index in [9.17, 15) is 4.79 Å². The molecular weight excluding hydrogens is 364 g/mol. The van der Waals surface area contributed by atoms with Crippen LogP contribution in [0, 0.1) is 0 Å². The number of fused-ring (bicyclic) bond motifs is 1. The first-order valence-corrected chi connectivity index (χ1v) is 9.66. The Morgan fingerprint density at radius 3 is 2.86 bits per heavy atom. The van der Waals surface area contributed by atoms with Crippen molar-refractivity contribution in [3.05, 3.63) is 78.3 Å². The number of carbonyl (C=O) groups is 1. The van der Waals surface area contributed by atoms with Gasteiger partial charge in [-0.25, -0.2) is 4.98 Å². The maximum atomic E-state index is 12.1. The fraction of sp³-hybridized carbons (Fsp3) is 0.167. The topological polar surface area (TPSA) is 68.3 Å². The molecule has 2 aromatic heterocycles. The predicted octanol–water partition coefficient (Wildman–Crippen LogP) is 6.25. The molecular formula is C24H22N2O3. The number of rotatable bonds is 6. The van der Waals surface area contributed by atoms with Crippen LogP contribution in [0.2, 0.25) is 0 Å². The van der Waals surface area contributed by atoms with Crippen molar-refractivity contribution in [2.75, 3.05) is 5.32 Å². The Morgan fingerprint density at radius 1 is 1.17 bits per heavy atom. The summed E-state index contributed by atoms with van der Waals surface area (Å²) >= 11 is 0. The summed E-state index contributed by atoms with van der Waals surface area (Å²) in [5.74, 6) is 1.39. The number of hydrogen-bond donors (Lipinski definition) is 1. The monoisotopic (exact) mass is 386 g/mol. The molecule has 0 fully saturated rings. The number of nitrogens with one attached hydrogen (secondary N) is 1. The van der Waals surface area contributed by atoms with Crippen LogP contribution in [0.25, 0.3) is 28.6 Å². The molecule has 0 saturated carbocycles. The van der Waals surface area contributed by atoms with Crippen molar-refractivity contribution in [2.24, 2.45) is 0 Å². The van der Waals surface area contributed by atoms with Crippen molar-refractivity contribution in [3.8, 4) is 11.5 Å². The molecule has 4 rings (SSSR count). The Balaban J connectivity index is 1.54. The summed E-state index contributed by atoms with van der Waals surface area (Å²) in [4.78, 5) is 16.8. The van der Waals surface area contributed by atoms with E-state index in [1.807, 2.05) is 30.3 Å². The van der Waals surface area contributed by atoms with Crippen molar-refractivity contribution >= 4 is 28.8 Å². The zero-order chi connectivity index (χ0) is 20.2. The highest BCUT2D eigenvalue weighted by molar-refractivity contribution is 6.02. The van der Waals surface area contributed by atoms with Crippen molar-refractivity contribution in [1.82, 2.24) is 4.98 Å². The third kappa shape index (κ3) is 4.29. The average Bonchev–Trinajstić information content (AvgIpc) is 3.41. The first-order valence-electron chi connectivity index (χ1n) is 9.66. The van der Waals surface area contributed by atoms with Crippen LogP contribution in [0.3, 0.4) is 0 Å². The van der Waals surface area contributed by atoms with Gasteiger partial charge in [0.25, 0.3) is 0 Å². The largest absolute Gasteiger partial charge is 0.465 e. The maximum absolute atomic E-state index is 12.1. The van der Waals surface area contributed by atoms with E-state index >= 15 is 0 Å². The smallest absolute Gasteiger partial charge is 0.248 e. The highest BCUT2D eigenvalue weighted by Crippen LogP contribution is 2.29. The Hall–Kier alpha value is -3.60. The first-order chi connectivity index (χ1) is 14.1. The van der Waals surface area contributed by atoms with Crippen LogP contribution in [-0.2, 0) is 4.79 Å². The lowest BCUT2D eigenvalue weighted by Gasteiger charge is -2.07. The van der Waals surface area contributed by atoms with Gasteiger partial charge >= 0.3 is 0 Å². The standard InChI is InChI=1S/C24H22N2O3/c1-3-16(2)17-9-11-22-21(15-17)26-24(29-22)18-6-4-7-19(14-18)25-23(27)12-10-20-8-5-13-28-20/h4-16H,3H2,1-2H3,(H,25,27)/b12-10+. The van der Waals surface area contributed by atoms with Crippen LogP contribution < -0.4 is 5.32 Å². The number of hydrogen-bond acceptors (Lipinski definition) is 4. The zero-order valence-electron chi connectivity index (χ0n) is 16.4. The van der Waals surface area contributed by atoms with Gasteiger partial charge in [-0.05, 0) is 66.4 Å². The van der Waals surface area contributed by atoms with Crippen LogP contribution in [0.4, 0.5) is 5.69 Å². The van der Waals surface area contributed by atoms with Crippen LogP contribution in [-0.4, -0.2) is 10.9 Å². The van der Waals surface area contributed by atoms with E-state index < -0.39 is 0 Å². The Labute approximate surface area is 169 Å². The molecule has 5 heteroatoms. The molecule has 0 aliphatic rings. The lowest BCUT2D eigenvalue weighted by molar-refractivity contribution is -0.111. The van der Waals surface area contributed by atoms with Gasteiger partial charge in [-0.2, -0.15) is 0 Å². The summed E-state index contributed by atoms with van der Waals surface area (Å²) in [6.07, 6.45) is 5.69. The Bertz CT molecular complexity index is 1160. The van der Waals surface area contributed by atoms with E-state index in [0.29, 0.717) is 23.3 Å². The molecule has 146 valence electrons. The molecule has 1 amide bonds. The van der Waals surface area contributed by atoms with Crippen molar-refractivity contribution in [1.29, 1.82) is 0 Å². The third-order valence-corrected chi connectivity index (χ3v) is 4.91. The number of nitrogens with zero attached hydrogens (tertiary/aromatic N) is 1. The van der Waals surface area contributed by atoms with Gasteiger partial charge in [-0.15, -0.1) is 0 Å². The molecule has 0 bridgehead atoms. The van der Waals surface area contributed by atoms with E-state index in [-0.39, 0.29) is 5.91 Å². The summed E-state index contributed by atoms with van der Waals surface area (Å²) in [6.45, 7) is 4.38. The van der Waals surface area contributed by atoms with Gasteiger partial charge in [0.15, 0.2) is 5.58 Å². The second-order valence-electron chi connectivity index (χ2n) is 6.97. The molecule has 1 atom stereocenters. The normalized spacial score (nSPS) is 12.5. The Morgan fingerprint density at radius 2 is 2.07 bits per heavy atom. The summed E-state index contributed by atoms with van der Waals surface area (Å²) < 4.78 is 11.1. The molecule has 0 saturated heterocycles. The molecule has 2 heterocycles. The molecule has 0 radical (unpaired) electrons. The Kier molecular flexibility index (Phi) is 5.29. The van der Waals surface area contributed by atoms with E-state index in [1.54, 1.807) is 24.5 Å². The van der Waals surface area contributed by atoms with Gasteiger partial charge in [0, 0.05) is 17.3 Å². The molecule has 5 nitrogen and oxygen atoms in total. The minimum absolute atomic E-state index is 0.241. The van der Waals surface area contributed by atoms with Crippen LogP contribution in [0.15, 0.2) is 75.8 Å². The molecule has 4 aromatic rings. The molecule has 2 aromatic carbocycles. The predicted molar refractivity (Wildman–Crippen MR) is 115 cm³/mol. The van der Waals surface area contributed by atoms with Gasteiger partial charge in [-0.3, -0.25) is 4.79 Å². The van der Waals surface area contributed by atoms with E-state index in [2.05, 4.69) is 36.3 Å². The molecule has 0 spiro atoms. The number of furan rings is 1. The van der Waals surface area contributed by atoms with Gasteiger partial charge in [0.2, 0.25) is 11.8 Å². The molecule has 1 N–H and O–H groups in total. The van der Waals surface area contributed by atoms with Crippen molar-refractivity contribution in [2.45, 2.75) is 26.2 Å². The minimum Gasteiger partial charge on any atom is -0.465 e. The van der Waals surface area contributed by atoms with E-state index in [1.165, 1.54) is 11.6 Å². The lowest BCUT2D eigenvalue weighted by atomic mass is 9.98. The minimum atomic E-state index is -0.241. The van der Waals surface area contributed by atoms with Crippen molar-refractivity contribution < 1.29 is 13.6 Å². The molecule has 0 aliphatic carbocycles. The van der Waals surface area contributed by atoms with E-state index in [4.69, 9.17) is 8.83 Å². The first kappa shape index (κ1) is 18.7. The van der Waals surface area contributed by atoms with Crippen LogP contribution in [0.5, 0.6) is 0 Å². The quantitative estimate of drug-likeness (QED) is 0.398. The summed E-state index contributed by atoms with van der Waals surface area (Å²) in [5, 5.41) is 2.84. The molecule has 1 unspecified atom stereocenters. The van der Waals surface area contributed by atoms with Crippen LogP contribution >= 0.6 is 0 Å². The number of anilines is 1. The van der Waals surface area contributed by atoms with Gasteiger partial charge in [-0.1, -0.05) is 26.0 Å². The second-order valence-corrected chi connectivity index (χ2v) is 6.97. The van der Waals surface area contributed by atoms with Gasteiger partial charge in [0.1, 0.15) is 11.3 Å². The lowest BCUT2D eigenvalue weighted by Crippen LogP contribution is -2.07. The number of carbonyl (C=O) groups excluding carboxylic acids is 1. The summed E-state index contributed by atoms with van der Waals surface area (Å²) in [5.41, 5.74) is 4.32. The number of benzene rings is 2.